The Morgan fingerprint density at radius 2 is 1.24 bits per heavy atom. The van der Waals surface area contributed by atoms with Crippen LogP contribution >= 0.6 is 0 Å². The first-order valence-electron chi connectivity index (χ1n) is 9.15. The zero-order chi connectivity index (χ0) is 20.4. The van der Waals surface area contributed by atoms with Gasteiger partial charge >= 0.3 is 0 Å². The highest BCUT2D eigenvalue weighted by molar-refractivity contribution is 5.87. The highest BCUT2D eigenvalue weighted by atomic mass is 16.5. The summed E-state index contributed by atoms with van der Waals surface area (Å²) in [5.74, 6) is 3.29. The van der Waals surface area contributed by atoms with E-state index in [2.05, 4.69) is 6.07 Å². The van der Waals surface area contributed by atoms with Crippen LogP contribution in [0.15, 0.2) is 65.1 Å². The van der Waals surface area contributed by atoms with E-state index in [1.165, 1.54) is 0 Å². The maximum Gasteiger partial charge on any atom is 0.203 e. The van der Waals surface area contributed by atoms with Gasteiger partial charge in [0.2, 0.25) is 5.75 Å². The second kappa shape index (κ2) is 7.80. The molecular weight excluding hydrogens is 368 g/mol. The van der Waals surface area contributed by atoms with Crippen molar-refractivity contribution in [3.05, 3.63) is 60.7 Å². The summed E-state index contributed by atoms with van der Waals surface area (Å²) in [7, 11) is 6.45. The smallest absolute Gasteiger partial charge is 0.203 e. The van der Waals surface area contributed by atoms with Gasteiger partial charge in [-0.15, -0.1) is 0 Å². The van der Waals surface area contributed by atoms with Crippen LogP contribution in [0.1, 0.15) is 0 Å². The molecule has 0 bridgehead atoms. The van der Waals surface area contributed by atoms with Gasteiger partial charge < -0.3 is 23.4 Å². The molecule has 1 aromatic heterocycles. The van der Waals surface area contributed by atoms with E-state index in [-0.39, 0.29) is 0 Å². The summed E-state index contributed by atoms with van der Waals surface area (Å²) in [6.45, 7) is 0. The van der Waals surface area contributed by atoms with Gasteiger partial charge in [0.25, 0.3) is 0 Å². The van der Waals surface area contributed by atoms with Crippen molar-refractivity contribution in [2.45, 2.75) is 0 Å². The summed E-state index contributed by atoms with van der Waals surface area (Å²) in [6.07, 6.45) is 0. The van der Waals surface area contributed by atoms with E-state index in [1.54, 1.807) is 28.4 Å². The molecule has 0 saturated heterocycles. The van der Waals surface area contributed by atoms with Crippen LogP contribution in [0.25, 0.3) is 33.4 Å². The number of hydrogen-bond donors (Lipinski definition) is 0. The van der Waals surface area contributed by atoms with E-state index >= 15 is 0 Å². The fraction of sp³-hybridized carbons (Fsp3) is 0.167. The van der Waals surface area contributed by atoms with Gasteiger partial charge in [0.1, 0.15) is 17.1 Å². The molecule has 0 unspecified atom stereocenters. The monoisotopic (exact) mass is 390 g/mol. The van der Waals surface area contributed by atoms with Crippen LogP contribution < -0.4 is 18.9 Å². The van der Waals surface area contributed by atoms with E-state index in [4.69, 9.17) is 23.4 Å². The lowest BCUT2D eigenvalue weighted by Crippen LogP contribution is -1.95. The Morgan fingerprint density at radius 3 is 1.83 bits per heavy atom. The van der Waals surface area contributed by atoms with Crippen LogP contribution in [-0.2, 0) is 0 Å². The Labute approximate surface area is 169 Å². The summed E-state index contributed by atoms with van der Waals surface area (Å²) in [5.41, 5.74) is 3.88. The molecule has 0 atom stereocenters. The molecule has 0 radical (unpaired) electrons. The fourth-order valence-corrected chi connectivity index (χ4v) is 3.37. The summed E-state index contributed by atoms with van der Waals surface area (Å²) in [4.78, 5) is 0. The van der Waals surface area contributed by atoms with Crippen LogP contribution in [0.2, 0.25) is 0 Å². The second-order valence-electron chi connectivity index (χ2n) is 6.51. The van der Waals surface area contributed by atoms with Crippen molar-refractivity contribution in [1.82, 2.24) is 0 Å². The first kappa shape index (κ1) is 18.7. The molecule has 0 amide bonds. The number of rotatable bonds is 6. The van der Waals surface area contributed by atoms with Crippen LogP contribution in [0.5, 0.6) is 23.0 Å². The summed E-state index contributed by atoms with van der Waals surface area (Å²) in [5, 5.41) is 1.02. The van der Waals surface area contributed by atoms with E-state index in [0.29, 0.717) is 17.2 Å². The van der Waals surface area contributed by atoms with Crippen molar-refractivity contribution in [1.29, 1.82) is 0 Å². The Bertz CT molecular complexity index is 1120. The molecule has 0 saturated carbocycles. The Morgan fingerprint density at radius 1 is 0.586 bits per heavy atom. The lowest BCUT2D eigenvalue weighted by molar-refractivity contribution is 0.324. The Hall–Kier alpha value is -3.60. The summed E-state index contributed by atoms with van der Waals surface area (Å²) >= 11 is 0. The topological polar surface area (TPSA) is 50.1 Å². The predicted octanol–water partition coefficient (Wildman–Crippen LogP) is 5.80. The molecule has 0 N–H and O–H groups in total. The lowest BCUT2D eigenvalue weighted by atomic mass is 10.0. The minimum atomic E-state index is 0.552. The number of methoxy groups -OCH3 is 4. The van der Waals surface area contributed by atoms with Crippen LogP contribution in [-0.4, -0.2) is 28.4 Å². The quantitative estimate of drug-likeness (QED) is 0.416. The van der Waals surface area contributed by atoms with E-state index in [1.807, 2.05) is 54.6 Å². The molecule has 0 aliphatic carbocycles. The normalized spacial score (nSPS) is 10.8. The molecule has 0 aliphatic heterocycles. The average Bonchev–Trinajstić information content (AvgIpc) is 3.21. The van der Waals surface area contributed by atoms with Gasteiger partial charge in [-0.3, -0.25) is 0 Å². The van der Waals surface area contributed by atoms with Gasteiger partial charge in [0, 0.05) is 10.9 Å². The van der Waals surface area contributed by atoms with Crippen LogP contribution in [0.3, 0.4) is 0 Å². The highest BCUT2D eigenvalue weighted by Crippen LogP contribution is 2.42. The largest absolute Gasteiger partial charge is 0.497 e. The minimum Gasteiger partial charge on any atom is -0.497 e. The van der Waals surface area contributed by atoms with Gasteiger partial charge in [0.15, 0.2) is 11.5 Å². The third kappa shape index (κ3) is 3.47. The second-order valence-corrected chi connectivity index (χ2v) is 6.51. The molecule has 4 rings (SSSR count). The highest BCUT2D eigenvalue weighted by Gasteiger charge is 2.16. The van der Waals surface area contributed by atoms with Gasteiger partial charge in [0.05, 0.1) is 28.4 Å². The van der Waals surface area contributed by atoms with Crippen molar-refractivity contribution in [3.8, 4) is 45.4 Å². The third-order valence-corrected chi connectivity index (χ3v) is 4.89. The first-order valence-corrected chi connectivity index (χ1v) is 9.15. The minimum absolute atomic E-state index is 0.552. The van der Waals surface area contributed by atoms with Crippen LogP contribution in [0, 0.1) is 0 Å². The maximum atomic E-state index is 6.08. The molecule has 5 nitrogen and oxygen atoms in total. The fourth-order valence-electron chi connectivity index (χ4n) is 3.37. The van der Waals surface area contributed by atoms with E-state index in [9.17, 15) is 0 Å². The summed E-state index contributed by atoms with van der Waals surface area (Å²) in [6, 6.07) is 19.9. The lowest BCUT2D eigenvalue weighted by Gasteiger charge is -2.13. The van der Waals surface area contributed by atoms with Crippen molar-refractivity contribution >= 4 is 11.0 Å². The van der Waals surface area contributed by atoms with Gasteiger partial charge in [-0.25, -0.2) is 0 Å². The number of hydrogen-bond acceptors (Lipinski definition) is 5. The molecule has 0 spiro atoms. The van der Waals surface area contributed by atoms with Gasteiger partial charge in [-0.05, 0) is 53.6 Å². The van der Waals surface area contributed by atoms with E-state index in [0.717, 1.165) is 39.2 Å². The standard InChI is InChI=1S/C24H22O5/c1-25-19-8-5-15(6-9-19)16-7-10-20-17(11-16)12-21(29-20)18-13-22(26-2)24(28-4)23(14-18)27-3/h5-14H,1-4H3. The first-order chi connectivity index (χ1) is 14.2. The van der Waals surface area contributed by atoms with E-state index < -0.39 is 0 Å². The number of furan rings is 1. The number of ether oxygens (including phenoxy) is 4. The van der Waals surface area contributed by atoms with Crippen LogP contribution in [0.4, 0.5) is 0 Å². The van der Waals surface area contributed by atoms with Gasteiger partial charge in [-0.2, -0.15) is 0 Å². The molecule has 3 aromatic carbocycles. The Kier molecular flexibility index (Phi) is 5.04. The number of fused-ring (bicyclic) bond motifs is 1. The molecule has 1 heterocycles. The third-order valence-electron chi connectivity index (χ3n) is 4.89. The van der Waals surface area contributed by atoms with Crippen molar-refractivity contribution in [2.24, 2.45) is 0 Å². The van der Waals surface area contributed by atoms with Crippen molar-refractivity contribution < 1.29 is 23.4 Å². The SMILES string of the molecule is COc1ccc(-c2ccc3oc(-c4cc(OC)c(OC)c(OC)c4)cc3c2)cc1. The average molecular weight is 390 g/mol. The number of benzene rings is 3. The maximum absolute atomic E-state index is 6.08. The molecule has 5 heteroatoms. The zero-order valence-corrected chi connectivity index (χ0v) is 16.8. The molecule has 148 valence electrons. The molecule has 4 aromatic rings. The zero-order valence-electron chi connectivity index (χ0n) is 16.8. The molecule has 29 heavy (non-hydrogen) atoms. The summed E-state index contributed by atoms with van der Waals surface area (Å²) < 4.78 is 27.6. The molecule has 0 fully saturated rings. The predicted molar refractivity (Wildman–Crippen MR) is 113 cm³/mol. The van der Waals surface area contributed by atoms with Gasteiger partial charge in [-0.1, -0.05) is 18.2 Å². The molecule has 0 aliphatic rings. The Balaban J connectivity index is 1.76. The van der Waals surface area contributed by atoms with Crippen molar-refractivity contribution in [2.75, 3.05) is 28.4 Å². The van der Waals surface area contributed by atoms with Crippen molar-refractivity contribution in [3.63, 3.8) is 0 Å². The molecular formula is C24H22O5.